The van der Waals surface area contributed by atoms with Crippen LogP contribution in [-0.4, -0.2) is 47.8 Å². The van der Waals surface area contributed by atoms with Gasteiger partial charge in [-0.1, -0.05) is 6.07 Å². The van der Waals surface area contributed by atoms with Gasteiger partial charge in [0, 0.05) is 6.54 Å². The number of urea groups is 1. The second-order valence-electron chi connectivity index (χ2n) is 3.91. The zero-order valence-electron chi connectivity index (χ0n) is 10.5. The number of hydrogen-bond acceptors (Lipinski definition) is 6. The fourth-order valence-corrected chi connectivity index (χ4v) is 1.89. The Labute approximate surface area is 119 Å². The fourth-order valence-electron chi connectivity index (χ4n) is 1.29. The van der Waals surface area contributed by atoms with Crippen LogP contribution >= 0.6 is 0 Å². The van der Waals surface area contributed by atoms with Crippen LogP contribution in [0.1, 0.15) is 0 Å². The molecule has 1 aromatic carbocycles. The average molecular weight is 319 g/mol. The Morgan fingerprint density at radius 3 is 2.48 bits per heavy atom. The first kappa shape index (κ1) is 16.7. The zero-order valence-corrected chi connectivity index (χ0v) is 11.3. The number of rotatable bonds is 5. The third kappa shape index (κ3) is 4.59. The van der Waals surface area contributed by atoms with Crippen LogP contribution in [0.4, 0.5) is 10.5 Å². The summed E-state index contributed by atoms with van der Waals surface area (Å²) >= 11 is 0. The number of phenols is 1. The summed E-state index contributed by atoms with van der Waals surface area (Å²) in [6.07, 6.45) is 0. The number of para-hydroxylation sites is 1. The van der Waals surface area contributed by atoms with Crippen molar-refractivity contribution in [2.24, 2.45) is 5.73 Å². The number of nitrogens with two attached hydrogens (primary N) is 1. The summed E-state index contributed by atoms with van der Waals surface area (Å²) in [7, 11) is -4.65. The first-order valence-corrected chi connectivity index (χ1v) is 6.89. The number of nitrogens with one attached hydrogen (secondary N) is 2. The van der Waals surface area contributed by atoms with E-state index < -0.39 is 38.8 Å². The summed E-state index contributed by atoms with van der Waals surface area (Å²) in [4.78, 5) is 21.1. The maximum absolute atomic E-state index is 11.5. The molecule has 2 amide bonds. The summed E-state index contributed by atoms with van der Waals surface area (Å²) in [6.45, 7) is -0.375. The molecular weight excluding hydrogens is 306 g/mol. The SMILES string of the molecule is N[C@@H](CNC(=O)Nc1cccc(S(=O)(=O)O)c1O)C(=O)O. The van der Waals surface area contributed by atoms with Crippen molar-refractivity contribution in [3.8, 4) is 5.75 Å². The van der Waals surface area contributed by atoms with Gasteiger partial charge in [0.2, 0.25) is 0 Å². The van der Waals surface area contributed by atoms with Crippen LogP contribution in [0.3, 0.4) is 0 Å². The number of aliphatic carboxylic acids is 1. The second kappa shape index (κ2) is 6.39. The number of carboxylic acid groups (broad SMARTS) is 1. The molecule has 0 saturated carbocycles. The van der Waals surface area contributed by atoms with Crippen LogP contribution in [0.5, 0.6) is 5.75 Å². The molecule has 0 radical (unpaired) electrons. The molecule has 0 aromatic heterocycles. The molecule has 0 aliphatic heterocycles. The number of anilines is 1. The molecule has 0 saturated heterocycles. The lowest BCUT2D eigenvalue weighted by molar-refractivity contribution is -0.138. The number of carboxylic acids is 1. The highest BCUT2D eigenvalue weighted by Gasteiger charge is 2.19. The van der Waals surface area contributed by atoms with Crippen molar-refractivity contribution >= 4 is 27.8 Å². The van der Waals surface area contributed by atoms with Crippen molar-refractivity contribution in [3.05, 3.63) is 18.2 Å². The molecule has 116 valence electrons. The van der Waals surface area contributed by atoms with E-state index in [9.17, 15) is 23.1 Å². The summed E-state index contributed by atoms with van der Waals surface area (Å²) in [5.74, 6) is -2.16. The van der Waals surface area contributed by atoms with Gasteiger partial charge in [0.1, 0.15) is 10.9 Å². The minimum Gasteiger partial charge on any atom is -0.504 e. The fraction of sp³-hybridized carbons (Fsp3) is 0.200. The van der Waals surface area contributed by atoms with Crippen molar-refractivity contribution in [3.63, 3.8) is 0 Å². The largest absolute Gasteiger partial charge is 0.504 e. The van der Waals surface area contributed by atoms with Gasteiger partial charge in [-0.15, -0.1) is 0 Å². The smallest absolute Gasteiger partial charge is 0.322 e. The van der Waals surface area contributed by atoms with Crippen molar-refractivity contribution < 1.29 is 32.8 Å². The topological polar surface area (TPSA) is 179 Å². The van der Waals surface area contributed by atoms with Gasteiger partial charge in [-0.2, -0.15) is 8.42 Å². The van der Waals surface area contributed by atoms with Crippen LogP contribution in [0.2, 0.25) is 0 Å². The highest BCUT2D eigenvalue weighted by molar-refractivity contribution is 7.86. The van der Waals surface area contributed by atoms with Gasteiger partial charge >= 0.3 is 12.0 Å². The molecule has 1 rings (SSSR count). The number of amides is 2. The maximum atomic E-state index is 11.5. The van der Waals surface area contributed by atoms with Gasteiger partial charge in [0.25, 0.3) is 10.1 Å². The quantitative estimate of drug-likeness (QED) is 0.300. The van der Waals surface area contributed by atoms with Gasteiger partial charge in [-0.25, -0.2) is 4.79 Å². The molecule has 0 bridgehead atoms. The highest BCUT2D eigenvalue weighted by Crippen LogP contribution is 2.30. The Morgan fingerprint density at radius 2 is 1.95 bits per heavy atom. The van der Waals surface area contributed by atoms with E-state index in [0.717, 1.165) is 6.07 Å². The number of phenolic OH excluding ortho intramolecular Hbond substituents is 1. The molecule has 0 aliphatic carbocycles. The highest BCUT2D eigenvalue weighted by atomic mass is 32.2. The third-order valence-corrected chi connectivity index (χ3v) is 3.21. The van der Waals surface area contributed by atoms with E-state index in [1.165, 1.54) is 12.1 Å². The zero-order chi connectivity index (χ0) is 16.2. The number of aromatic hydroxyl groups is 1. The van der Waals surface area contributed by atoms with E-state index in [-0.39, 0.29) is 12.2 Å². The summed E-state index contributed by atoms with van der Waals surface area (Å²) in [5, 5.41) is 22.4. The molecule has 11 heteroatoms. The Morgan fingerprint density at radius 1 is 1.33 bits per heavy atom. The predicted molar refractivity (Wildman–Crippen MR) is 70.6 cm³/mol. The van der Waals surface area contributed by atoms with Crippen LogP contribution in [0.25, 0.3) is 0 Å². The molecule has 10 nitrogen and oxygen atoms in total. The van der Waals surface area contributed by atoms with Crippen LogP contribution < -0.4 is 16.4 Å². The van der Waals surface area contributed by atoms with Gasteiger partial charge in [-0.3, -0.25) is 9.35 Å². The minimum atomic E-state index is -4.65. The van der Waals surface area contributed by atoms with E-state index in [1.807, 2.05) is 0 Å². The first-order chi connectivity index (χ1) is 9.62. The molecule has 0 heterocycles. The number of benzene rings is 1. The molecule has 1 atom stereocenters. The lowest BCUT2D eigenvalue weighted by atomic mass is 10.3. The second-order valence-corrected chi connectivity index (χ2v) is 5.30. The molecule has 0 unspecified atom stereocenters. The Kier molecular flexibility index (Phi) is 5.07. The van der Waals surface area contributed by atoms with Crippen molar-refractivity contribution in [2.45, 2.75) is 10.9 Å². The Balaban J connectivity index is 2.80. The standard InChI is InChI=1S/C10H13N3O7S/c11-5(9(15)16)4-12-10(17)13-6-2-1-3-7(8(6)14)21(18,19)20/h1-3,5,14H,4,11H2,(H,15,16)(H2,12,13,17)(H,18,19,20)/t5-/m0/s1. The predicted octanol–water partition coefficient (Wildman–Crippen LogP) is -0.828. The summed E-state index contributed by atoms with van der Waals surface area (Å²) in [5.41, 5.74) is 4.88. The van der Waals surface area contributed by atoms with Gasteiger partial charge in [0.15, 0.2) is 5.75 Å². The molecular formula is C10H13N3O7S. The van der Waals surface area contributed by atoms with Crippen molar-refractivity contribution in [1.82, 2.24) is 5.32 Å². The number of hydrogen-bond donors (Lipinski definition) is 6. The van der Waals surface area contributed by atoms with Crippen molar-refractivity contribution in [2.75, 3.05) is 11.9 Å². The normalized spacial score (nSPS) is 12.5. The monoisotopic (exact) mass is 319 g/mol. The van der Waals surface area contributed by atoms with E-state index in [1.54, 1.807) is 0 Å². The Hall–Kier alpha value is -2.37. The molecule has 21 heavy (non-hydrogen) atoms. The van der Waals surface area contributed by atoms with Crippen LogP contribution in [0, 0.1) is 0 Å². The molecule has 0 fully saturated rings. The first-order valence-electron chi connectivity index (χ1n) is 5.45. The third-order valence-electron chi connectivity index (χ3n) is 2.32. The summed E-state index contributed by atoms with van der Waals surface area (Å²) in [6, 6.07) is 1.08. The van der Waals surface area contributed by atoms with Gasteiger partial charge in [0.05, 0.1) is 5.69 Å². The van der Waals surface area contributed by atoms with E-state index in [4.69, 9.17) is 15.4 Å². The molecule has 0 spiro atoms. The minimum absolute atomic E-state index is 0.286. The summed E-state index contributed by atoms with van der Waals surface area (Å²) < 4.78 is 30.8. The molecule has 7 N–H and O–H groups in total. The lowest BCUT2D eigenvalue weighted by Crippen LogP contribution is -2.43. The van der Waals surface area contributed by atoms with E-state index in [0.29, 0.717) is 0 Å². The van der Waals surface area contributed by atoms with Crippen LogP contribution in [0.15, 0.2) is 23.1 Å². The Bertz CT molecular complexity index is 659. The van der Waals surface area contributed by atoms with E-state index >= 15 is 0 Å². The van der Waals surface area contributed by atoms with Gasteiger partial charge < -0.3 is 26.6 Å². The molecule has 1 aromatic rings. The van der Waals surface area contributed by atoms with E-state index in [2.05, 4.69) is 10.6 Å². The van der Waals surface area contributed by atoms with Crippen LogP contribution in [-0.2, 0) is 14.9 Å². The van der Waals surface area contributed by atoms with Gasteiger partial charge in [-0.05, 0) is 12.1 Å². The molecule has 0 aliphatic rings. The number of carbonyl (C=O) groups excluding carboxylic acids is 1. The lowest BCUT2D eigenvalue weighted by Gasteiger charge is -2.12. The number of carbonyl (C=O) groups is 2. The average Bonchev–Trinajstić information content (AvgIpc) is 2.36. The maximum Gasteiger partial charge on any atom is 0.322 e. The van der Waals surface area contributed by atoms with Crippen molar-refractivity contribution in [1.29, 1.82) is 0 Å².